The van der Waals surface area contributed by atoms with Crippen molar-refractivity contribution in [1.29, 1.82) is 0 Å². The van der Waals surface area contributed by atoms with Gasteiger partial charge in [0, 0.05) is 6.61 Å². The zero-order valence-corrected chi connectivity index (χ0v) is 18.2. The predicted molar refractivity (Wildman–Crippen MR) is 119 cm³/mol. The van der Waals surface area contributed by atoms with Crippen LogP contribution in [-0.2, 0) is 4.74 Å². The van der Waals surface area contributed by atoms with E-state index < -0.39 is 0 Å². The zero-order valence-electron chi connectivity index (χ0n) is 18.2. The van der Waals surface area contributed by atoms with Gasteiger partial charge in [0.2, 0.25) is 0 Å². The fourth-order valence-corrected chi connectivity index (χ4v) is 3.63. The first-order valence-corrected chi connectivity index (χ1v) is 12.1. The van der Waals surface area contributed by atoms with Crippen LogP contribution in [-0.4, -0.2) is 13.2 Å². The second-order valence-corrected chi connectivity index (χ2v) is 8.08. The minimum atomic E-state index is 0.707. The molecule has 0 saturated carbocycles. The Kier molecular flexibility index (Phi) is 24.4. The topological polar surface area (TPSA) is 9.23 Å². The van der Waals surface area contributed by atoms with E-state index in [1.165, 1.54) is 128 Å². The molecule has 0 aromatic carbocycles. The summed E-state index contributed by atoms with van der Waals surface area (Å²) in [4.78, 5) is 0. The summed E-state index contributed by atoms with van der Waals surface area (Å²) < 4.78 is 5.40. The fourth-order valence-electron chi connectivity index (χ4n) is 3.63. The largest absolute Gasteiger partial charge is 0.377 e. The van der Waals surface area contributed by atoms with Gasteiger partial charge in [0.25, 0.3) is 0 Å². The Morgan fingerprint density at radius 2 is 0.808 bits per heavy atom. The highest BCUT2D eigenvalue weighted by Gasteiger charge is 1.95. The molecule has 26 heavy (non-hydrogen) atoms. The van der Waals surface area contributed by atoms with E-state index in [0.29, 0.717) is 6.61 Å². The van der Waals surface area contributed by atoms with Crippen LogP contribution < -0.4 is 0 Å². The van der Waals surface area contributed by atoms with Crippen LogP contribution in [0.1, 0.15) is 135 Å². The molecule has 0 unspecified atom stereocenters. The maximum atomic E-state index is 5.40. The molecule has 0 rings (SSSR count). The van der Waals surface area contributed by atoms with Gasteiger partial charge in [-0.25, -0.2) is 0 Å². The summed E-state index contributed by atoms with van der Waals surface area (Å²) in [6.07, 6.45) is 30.5. The lowest BCUT2D eigenvalue weighted by molar-refractivity contribution is 0.157. The van der Waals surface area contributed by atoms with Crippen molar-refractivity contribution in [2.45, 2.75) is 135 Å². The monoisotopic (exact) mass is 366 g/mol. The summed E-state index contributed by atoms with van der Waals surface area (Å²) in [5.41, 5.74) is 0. The van der Waals surface area contributed by atoms with Crippen LogP contribution in [0.15, 0.2) is 12.7 Å². The smallest absolute Gasteiger partial charge is 0.0644 e. The third-order valence-corrected chi connectivity index (χ3v) is 5.38. The third-order valence-electron chi connectivity index (χ3n) is 5.38. The number of rotatable bonds is 23. The van der Waals surface area contributed by atoms with Crippen molar-refractivity contribution in [3.8, 4) is 0 Å². The Balaban J connectivity index is 2.96. The highest BCUT2D eigenvalue weighted by atomic mass is 16.5. The average Bonchev–Trinajstić information content (AvgIpc) is 2.66. The second-order valence-electron chi connectivity index (χ2n) is 8.08. The summed E-state index contributed by atoms with van der Waals surface area (Å²) in [5.74, 6) is 0. The molecule has 0 bridgehead atoms. The molecule has 0 aliphatic heterocycles. The molecular formula is C25H50O. The summed E-state index contributed by atoms with van der Waals surface area (Å²) in [6.45, 7) is 7.57. The normalized spacial score (nSPS) is 11.1. The number of ether oxygens (including phenoxy) is 1. The van der Waals surface area contributed by atoms with Crippen molar-refractivity contribution < 1.29 is 4.74 Å². The van der Waals surface area contributed by atoms with Crippen molar-refractivity contribution in [2.75, 3.05) is 13.2 Å². The van der Waals surface area contributed by atoms with Gasteiger partial charge in [-0.1, -0.05) is 135 Å². The van der Waals surface area contributed by atoms with Gasteiger partial charge in [-0.3, -0.25) is 0 Å². The zero-order chi connectivity index (χ0) is 19.0. The Morgan fingerprint density at radius 1 is 0.500 bits per heavy atom. The summed E-state index contributed by atoms with van der Waals surface area (Å²) in [7, 11) is 0. The average molecular weight is 367 g/mol. The predicted octanol–water partition coefficient (Wildman–Crippen LogP) is 9.01. The van der Waals surface area contributed by atoms with Gasteiger partial charge in [-0.2, -0.15) is 0 Å². The summed E-state index contributed by atoms with van der Waals surface area (Å²) >= 11 is 0. The maximum absolute atomic E-state index is 5.40. The first-order chi connectivity index (χ1) is 12.9. The van der Waals surface area contributed by atoms with E-state index in [2.05, 4.69) is 13.5 Å². The van der Waals surface area contributed by atoms with Crippen LogP contribution in [0.2, 0.25) is 0 Å². The third kappa shape index (κ3) is 23.7. The van der Waals surface area contributed by atoms with Gasteiger partial charge >= 0.3 is 0 Å². The second kappa shape index (κ2) is 24.7. The van der Waals surface area contributed by atoms with Crippen LogP contribution >= 0.6 is 0 Å². The van der Waals surface area contributed by atoms with E-state index in [4.69, 9.17) is 4.74 Å². The molecule has 0 aliphatic carbocycles. The first kappa shape index (κ1) is 25.7. The Bertz CT molecular complexity index is 249. The maximum Gasteiger partial charge on any atom is 0.0644 e. The molecule has 1 nitrogen and oxygen atoms in total. The minimum absolute atomic E-state index is 0.707. The molecule has 0 saturated heterocycles. The van der Waals surface area contributed by atoms with E-state index in [-0.39, 0.29) is 0 Å². The van der Waals surface area contributed by atoms with E-state index in [1.807, 2.05) is 6.08 Å². The first-order valence-electron chi connectivity index (χ1n) is 12.1. The molecule has 0 radical (unpaired) electrons. The fraction of sp³-hybridized carbons (Fsp3) is 0.920. The standard InChI is InChI=1S/C25H50O/c1-3-5-6-7-8-9-10-11-12-13-14-15-16-17-18-19-20-21-22-23-25-26-24-4-2/h4H,2-3,5-25H2,1H3. The molecule has 0 fully saturated rings. The number of hydrogen-bond acceptors (Lipinski definition) is 1. The van der Waals surface area contributed by atoms with E-state index >= 15 is 0 Å². The highest BCUT2D eigenvalue weighted by molar-refractivity contribution is 4.63. The molecule has 156 valence electrons. The van der Waals surface area contributed by atoms with Crippen molar-refractivity contribution in [3.63, 3.8) is 0 Å². The number of hydrogen-bond donors (Lipinski definition) is 0. The van der Waals surface area contributed by atoms with Crippen molar-refractivity contribution in [2.24, 2.45) is 0 Å². The van der Waals surface area contributed by atoms with E-state index in [0.717, 1.165) is 6.61 Å². The van der Waals surface area contributed by atoms with Crippen LogP contribution in [0.3, 0.4) is 0 Å². The molecule has 0 aliphatic rings. The molecular weight excluding hydrogens is 316 g/mol. The molecule has 1 heteroatoms. The molecule has 0 amide bonds. The Labute approximate surface area is 166 Å². The highest BCUT2D eigenvalue weighted by Crippen LogP contribution is 2.14. The molecule has 0 N–H and O–H groups in total. The molecule has 0 spiro atoms. The Hall–Kier alpha value is -0.300. The van der Waals surface area contributed by atoms with E-state index in [1.54, 1.807) is 0 Å². The molecule has 0 heterocycles. The lowest BCUT2D eigenvalue weighted by Gasteiger charge is -2.04. The summed E-state index contributed by atoms with van der Waals surface area (Å²) in [5, 5.41) is 0. The molecule has 0 atom stereocenters. The lowest BCUT2D eigenvalue weighted by atomic mass is 10.0. The van der Waals surface area contributed by atoms with Crippen molar-refractivity contribution in [1.82, 2.24) is 0 Å². The van der Waals surface area contributed by atoms with Gasteiger partial charge in [0.05, 0.1) is 6.61 Å². The van der Waals surface area contributed by atoms with Crippen LogP contribution in [0.4, 0.5) is 0 Å². The van der Waals surface area contributed by atoms with Gasteiger partial charge in [-0.15, -0.1) is 6.58 Å². The molecule has 0 aromatic heterocycles. The van der Waals surface area contributed by atoms with E-state index in [9.17, 15) is 0 Å². The van der Waals surface area contributed by atoms with Crippen molar-refractivity contribution >= 4 is 0 Å². The quantitative estimate of drug-likeness (QED) is 0.129. The van der Waals surface area contributed by atoms with Crippen LogP contribution in [0, 0.1) is 0 Å². The van der Waals surface area contributed by atoms with Gasteiger partial charge in [0.1, 0.15) is 0 Å². The Morgan fingerprint density at radius 3 is 1.12 bits per heavy atom. The van der Waals surface area contributed by atoms with Gasteiger partial charge in [0.15, 0.2) is 0 Å². The van der Waals surface area contributed by atoms with Crippen LogP contribution in [0.5, 0.6) is 0 Å². The van der Waals surface area contributed by atoms with Gasteiger partial charge in [-0.05, 0) is 6.42 Å². The van der Waals surface area contributed by atoms with Crippen molar-refractivity contribution in [3.05, 3.63) is 12.7 Å². The van der Waals surface area contributed by atoms with Gasteiger partial charge < -0.3 is 4.74 Å². The van der Waals surface area contributed by atoms with Crippen LogP contribution in [0.25, 0.3) is 0 Å². The number of unbranched alkanes of at least 4 members (excludes halogenated alkanes) is 19. The summed E-state index contributed by atoms with van der Waals surface area (Å²) in [6, 6.07) is 0. The lowest BCUT2D eigenvalue weighted by Crippen LogP contribution is -1.93. The minimum Gasteiger partial charge on any atom is -0.377 e. The SMILES string of the molecule is C=CCOCCCCCCCCCCCCCCCCCCCCCC. The molecule has 0 aromatic rings.